The van der Waals surface area contributed by atoms with Gasteiger partial charge in [-0.15, -0.1) is 0 Å². The summed E-state index contributed by atoms with van der Waals surface area (Å²) in [6.07, 6.45) is 0. The lowest BCUT2D eigenvalue weighted by atomic mass is 9.67. The lowest BCUT2D eigenvalue weighted by molar-refractivity contribution is 0.0727. The van der Waals surface area contributed by atoms with Crippen LogP contribution in [0, 0.1) is 0 Å². The third-order valence-corrected chi connectivity index (χ3v) is 9.96. The molecular formula is C47H30O4. The van der Waals surface area contributed by atoms with Gasteiger partial charge in [-0.2, -0.15) is 0 Å². The van der Waals surface area contributed by atoms with Crippen molar-refractivity contribution in [2.75, 3.05) is 0 Å². The first kappa shape index (κ1) is 30.3. The van der Waals surface area contributed by atoms with Crippen molar-refractivity contribution in [3.63, 3.8) is 0 Å². The minimum absolute atomic E-state index is 0.414. The molecule has 0 aliphatic heterocycles. The van der Waals surface area contributed by atoms with Gasteiger partial charge in [0.1, 0.15) is 11.5 Å². The topological polar surface area (TPSA) is 52.6 Å². The molecule has 9 rings (SSSR count). The van der Waals surface area contributed by atoms with Gasteiger partial charge in [-0.05, 0) is 68.1 Å². The summed E-state index contributed by atoms with van der Waals surface area (Å²) >= 11 is 0. The minimum atomic E-state index is -1.02. The molecule has 0 saturated carbocycles. The van der Waals surface area contributed by atoms with Crippen LogP contribution in [0.5, 0.6) is 11.5 Å². The Hall–Kier alpha value is -6.78. The zero-order valence-electron chi connectivity index (χ0n) is 27.5. The molecule has 0 N–H and O–H groups in total. The molecule has 0 fully saturated rings. The third-order valence-electron chi connectivity index (χ3n) is 9.96. The highest BCUT2D eigenvalue weighted by atomic mass is 16.5. The maximum Gasteiger partial charge on any atom is 0.344 e. The van der Waals surface area contributed by atoms with Gasteiger partial charge in [0, 0.05) is 11.1 Å². The molecule has 0 aromatic heterocycles. The fourth-order valence-electron chi connectivity index (χ4n) is 7.81. The van der Waals surface area contributed by atoms with Crippen LogP contribution in [0.2, 0.25) is 0 Å². The van der Waals surface area contributed by atoms with Gasteiger partial charge in [-0.3, -0.25) is 0 Å². The normalized spacial score (nSPS) is 12.6. The SMILES string of the molecule is O=C(Oc1ccccc1C1(c2ccccc2OC(=O)c2cccc3ccccc23)c2ccccc2-c2ccccc21)c1cccc2ccccc12. The lowest BCUT2D eigenvalue weighted by Gasteiger charge is -2.35. The summed E-state index contributed by atoms with van der Waals surface area (Å²) in [5, 5.41) is 3.55. The molecule has 0 atom stereocenters. The Morgan fingerprint density at radius 2 is 0.706 bits per heavy atom. The molecule has 4 heteroatoms. The first-order valence-corrected chi connectivity index (χ1v) is 16.9. The summed E-state index contributed by atoms with van der Waals surface area (Å²) in [6, 6.07) is 58.8. The maximum absolute atomic E-state index is 14.1. The summed E-state index contributed by atoms with van der Waals surface area (Å²) in [4.78, 5) is 28.2. The van der Waals surface area contributed by atoms with E-state index in [-0.39, 0.29) is 0 Å². The van der Waals surface area contributed by atoms with Gasteiger partial charge in [0.15, 0.2) is 0 Å². The van der Waals surface area contributed by atoms with Crippen molar-refractivity contribution in [2.24, 2.45) is 0 Å². The summed E-state index contributed by atoms with van der Waals surface area (Å²) in [5.74, 6) is -0.0801. The molecule has 4 nitrogen and oxygen atoms in total. The van der Waals surface area contributed by atoms with Gasteiger partial charge in [-0.25, -0.2) is 9.59 Å². The fourth-order valence-corrected chi connectivity index (χ4v) is 7.81. The van der Waals surface area contributed by atoms with Crippen molar-refractivity contribution in [2.45, 2.75) is 5.41 Å². The highest BCUT2D eigenvalue weighted by Gasteiger charge is 2.49. The molecule has 8 aromatic carbocycles. The Morgan fingerprint density at radius 1 is 0.353 bits per heavy atom. The van der Waals surface area contributed by atoms with Crippen LogP contribution in [-0.2, 0) is 5.41 Å². The van der Waals surface area contributed by atoms with Crippen molar-refractivity contribution in [1.29, 1.82) is 0 Å². The quantitative estimate of drug-likeness (QED) is 0.132. The van der Waals surface area contributed by atoms with Crippen molar-refractivity contribution in [3.8, 4) is 22.6 Å². The smallest absolute Gasteiger partial charge is 0.344 e. The molecule has 0 radical (unpaired) electrons. The summed E-state index contributed by atoms with van der Waals surface area (Å²) in [6.45, 7) is 0. The fraction of sp³-hybridized carbons (Fsp3) is 0.0213. The number of hydrogen-bond donors (Lipinski definition) is 0. The number of hydrogen-bond acceptors (Lipinski definition) is 4. The van der Waals surface area contributed by atoms with E-state index in [1.807, 2.05) is 146 Å². The lowest BCUT2D eigenvalue weighted by Crippen LogP contribution is -2.31. The van der Waals surface area contributed by atoms with E-state index in [2.05, 4.69) is 24.3 Å². The number of esters is 2. The zero-order valence-corrected chi connectivity index (χ0v) is 27.5. The second kappa shape index (κ2) is 12.3. The van der Waals surface area contributed by atoms with E-state index < -0.39 is 17.4 Å². The first-order valence-electron chi connectivity index (χ1n) is 16.9. The van der Waals surface area contributed by atoms with Crippen LogP contribution in [0.15, 0.2) is 182 Å². The van der Waals surface area contributed by atoms with Gasteiger partial charge < -0.3 is 9.47 Å². The predicted molar refractivity (Wildman–Crippen MR) is 202 cm³/mol. The highest BCUT2D eigenvalue weighted by Crippen LogP contribution is 2.59. The third kappa shape index (κ3) is 4.84. The molecule has 8 aromatic rings. The second-order valence-electron chi connectivity index (χ2n) is 12.7. The molecule has 1 aliphatic carbocycles. The average Bonchev–Trinajstić information content (AvgIpc) is 3.48. The molecule has 1 aliphatic rings. The number of carbonyl (C=O) groups excluding carboxylic acids is 2. The van der Waals surface area contributed by atoms with Crippen LogP contribution in [0.25, 0.3) is 32.7 Å². The van der Waals surface area contributed by atoms with Crippen LogP contribution in [0.1, 0.15) is 43.0 Å². The minimum Gasteiger partial charge on any atom is -0.423 e. The Balaban J connectivity index is 1.26. The van der Waals surface area contributed by atoms with Crippen LogP contribution < -0.4 is 9.47 Å². The molecule has 0 unspecified atom stereocenters. The largest absolute Gasteiger partial charge is 0.423 e. The Morgan fingerprint density at radius 3 is 1.18 bits per heavy atom. The molecule has 0 heterocycles. The molecule has 0 saturated heterocycles. The number of benzene rings is 8. The molecule has 0 spiro atoms. The number of carbonyl (C=O) groups is 2. The van der Waals surface area contributed by atoms with Crippen molar-refractivity contribution < 1.29 is 19.1 Å². The van der Waals surface area contributed by atoms with Crippen LogP contribution >= 0.6 is 0 Å². The average molecular weight is 659 g/mol. The van der Waals surface area contributed by atoms with Gasteiger partial charge in [0.05, 0.1) is 16.5 Å². The van der Waals surface area contributed by atoms with Gasteiger partial charge in [0.25, 0.3) is 0 Å². The molecule has 242 valence electrons. The highest BCUT2D eigenvalue weighted by molar-refractivity contribution is 6.06. The van der Waals surface area contributed by atoms with Crippen LogP contribution in [-0.4, -0.2) is 11.9 Å². The monoisotopic (exact) mass is 658 g/mol. The first-order chi connectivity index (χ1) is 25.1. The van der Waals surface area contributed by atoms with E-state index in [0.29, 0.717) is 22.6 Å². The molecule has 51 heavy (non-hydrogen) atoms. The Labute approximate surface area is 295 Å². The van der Waals surface area contributed by atoms with Crippen molar-refractivity contribution in [3.05, 3.63) is 215 Å². The summed E-state index contributed by atoms with van der Waals surface area (Å²) in [7, 11) is 0. The van der Waals surface area contributed by atoms with E-state index in [1.165, 1.54) is 0 Å². The van der Waals surface area contributed by atoms with E-state index in [0.717, 1.165) is 54.9 Å². The Bertz CT molecular complexity index is 2460. The van der Waals surface area contributed by atoms with Crippen LogP contribution in [0.4, 0.5) is 0 Å². The van der Waals surface area contributed by atoms with Gasteiger partial charge in [-0.1, -0.05) is 158 Å². The van der Waals surface area contributed by atoms with Gasteiger partial charge >= 0.3 is 11.9 Å². The van der Waals surface area contributed by atoms with E-state index in [9.17, 15) is 9.59 Å². The summed E-state index contributed by atoms with van der Waals surface area (Å²) < 4.78 is 12.8. The number of rotatable bonds is 6. The second-order valence-corrected chi connectivity index (χ2v) is 12.7. The number of fused-ring (bicyclic) bond motifs is 5. The number of para-hydroxylation sites is 2. The molecule has 0 bridgehead atoms. The number of ether oxygens (including phenoxy) is 2. The predicted octanol–water partition coefficient (Wildman–Crippen LogP) is 10.8. The summed E-state index contributed by atoms with van der Waals surface area (Å²) in [5.41, 5.74) is 5.55. The maximum atomic E-state index is 14.1. The van der Waals surface area contributed by atoms with Gasteiger partial charge in [0.2, 0.25) is 0 Å². The van der Waals surface area contributed by atoms with E-state index in [4.69, 9.17) is 9.47 Å². The molecular weight excluding hydrogens is 629 g/mol. The molecule has 0 amide bonds. The Kier molecular flexibility index (Phi) is 7.29. The zero-order chi connectivity index (χ0) is 34.4. The van der Waals surface area contributed by atoms with E-state index >= 15 is 0 Å². The standard InChI is InChI=1S/C47H30O4/c48-45(37-23-13-17-31-15-1-3-19-33(31)37)50-43-29-11-9-27-41(43)47(39-25-7-5-21-35(39)36-22-6-8-26-40(36)47)42-28-10-12-30-44(42)51-46(49)38-24-14-18-32-16-2-4-20-34(32)38/h1-30H. The van der Waals surface area contributed by atoms with Crippen molar-refractivity contribution in [1.82, 2.24) is 0 Å². The van der Waals surface area contributed by atoms with E-state index in [1.54, 1.807) is 12.1 Å². The van der Waals surface area contributed by atoms with Crippen LogP contribution in [0.3, 0.4) is 0 Å². The van der Waals surface area contributed by atoms with Crippen molar-refractivity contribution >= 4 is 33.5 Å².